The minimum absolute atomic E-state index is 4.42. The molecule has 0 atom stereocenters. The molecule has 0 saturated heterocycles. The first-order chi connectivity index (χ1) is 2.94. The first-order valence-electron chi connectivity index (χ1n) is 1.21. The van der Waals surface area contributed by atoms with Crippen LogP contribution in [0.5, 0.6) is 0 Å². The zero-order valence-electron chi connectivity index (χ0n) is 3.07. The van der Waals surface area contributed by atoms with Crippen molar-refractivity contribution >= 4 is 5.59 Å². The summed E-state index contributed by atoms with van der Waals surface area (Å²) < 4.78 is 28.3. The molecule has 0 fully saturated rings. The zero-order valence-corrected chi connectivity index (χ0v) is 5.52. The van der Waals surface area contributed by atoms with Crippen LogP contribution < -0.4 is 0 Å². The third kappa shape index (κ3) is 3.08. The second kappa shape index (κ2) is 2.15. The number of hydrogen-bond donors (Lipinski definition) is 2. The van der Waals surface area contributed by atoms with Crippen molar-refractivity contribution in [3.05, 3.63) is 0 Å². The number of hydrogen-bond acceptors (Lipinski definition) is 3. The monoisotopic (exact) mass is 161 g/mol. The maximum absolute atomic E-state index is 9.47. The van der Waals surface area contributed by atoms with Gasteiger partial charge in [0, 0.05) is 0 Å². The van der Waals surface area contributed by atoms with E-state index >= 15 is 0 Å². The van der Waals surface area contributed by atoms with Gasteiger partial charge in [-0.2, -0.15) is 0 Å². The van der Waals surface area contributed by atoms with Gasteiger partial charge in [0.25, 0.3) is 0 Å². The van der Waals surface area contributed by atoms with E-state index < -0.39 is 22.9 Å². The van der Waals surface area contributed by atoms with Gasteiger partial charge in [0.1, 0.15) is 0 Å². The Bertz CT molecular complexity index is 151. The summed E-state index contributed by atoms with van der Waals surface area (Å²) in [5.41, 5.74) is -4.68. The molecule has 7 heteroatoms. The van der Waals surface area contributed by atoms with Crippen molar-refractivity contribution in [1.82, 2.24) is 0 Å². The summed E-state index contributed by atoms with van der Waals surface area (Å²) in [6, 6.07) is 0. The Hall–Kier alpha value is 0.464. The summed E-state index contributed by atoms with van der Waals surface area (Å²) in [6.45, 7) is 0. The van der Waals surface area contributed by atoms with Crippen LogP contribution in [0.4, 0.5) is 0 Å². The normalized spacial score (nSPS) is 11.1. The molecule has 0 bridgehead atoms. The van der Waals surface area contributed by atoms with Crippen LogP contribution in [0.25, 0.3) is 0 Å². The molecule has 0 aromatic rings. The Morgan fingerprint density at radius 2 is 1.43 bits per heavy atom. The molecule has 0 heterocycles. The SMILES string of the molecule is [O]=[Ti](=[O])[P](=O)(O)O. The molecule has 0 aliphatic carbocycles. The molecule has 0 amide bonds. The second-order valence-corrected chi connectivity index (χ2v) is 6.96. The van der Waals surface area contributed by atoms with Crippen LogP contribution in [0, 0.1) is 0 Å². The minimum atomic E-state index is -4.68. The van der Waals surface area contributed by atoms with Crippen LogP contribution in [0.1, 0.15) is 0 Å². The standard InChI is InChI=1S/HO3P.2O.Ti/c1-4(2)3;;;/h(H-,1,2,3);;;/q;;;-1/p+1. The van der Waals surface area contributed by atoms with Crippen LogP contribution in [-0.4, -0.2) is 9.79 Å². The van der Waals surface area contributed by atoms with Gasteiger partial charge in [-0.05, 0) is 0 Å². The van der Waals surface area contributed by atoms with Crippen molar-refractivity contribution < 1.29 is 38.3 Å². The first-order valence-corrected chi connectivity index (χ1v) is 6.20. The van der Waals surface area contributed by atoms with E-state index in [1.165, 1.54) is 0 Å². The molecule has 0 aliphatic rings. The Labute approximate surface area is 44.4 Å². The van der Waals surface area contributed by atoms with Crippen LogP contribution in [-0.2, 0) is 28.5 Å². The fourth-order valence-electron chi connectivity index (χ4n) is 0. The van der Waals surface area contributed by atoms with Gasteiger partial charge in [-0.15, -0.1) is 0 Å². The Morgan fingerprint density at radius 1 is 1.29 bits per heavy atom. The number of rotatable bonds is 1. The van der Waals surface area contributed by atoms with Crippen LogP contribution in [0.2, 0.25) is 0 Å². The quantitative estimate of drug-likeness (QED) is 0.395. The third-order valence-corrected chi connectivity index (χ3v) is 2.94. The molecule has 0 unspecified atom stereocenters. The molecule has 41 valence electrons. The molecular weight excluding hydrogens is 159 g/mol. The van der Waals surface area contributed by atoms with Gasteiger partial charge in [0.15, 0.2) is 0 Å². The Kier molecular flexibility index (Phi) is 2.30. The van der Waals surface area contributed by atoms with E-state index in [0.29, 0.717) is 0 Å². The second-order valence-electron chi connectivity index (χ2n) is 0.810. The summed E-state index contributed by atoms with van der Waals surface area (Å²) in [4.78, 5) is 15.3. The van der Waals surface area contributed by atoms with E-state index in [1.54, 1.807) is 0 Å². The molecule has 0 rings (SSSR count). The summed E-state index contributed by atoms with van der Waals surface area (Å²) >= 11 is -4.42. The maximum atomic E-state index is 9.47. The third-order valence-electron chi connectivity index (χ3n) is 0.238. The van der Waals surface area contributed by atoms with Crippen molar-refractivity contribution in [3.63, 3.8) is 0 Å². The van der Waals surface area contributed by atoms with Gasteiger partial charge in [0.05, 0.1) is 0 Å². The average molecular weight is 161 g/mol. The topological polar surface area (TPSA) is 91.7 Å². The van der Waals surface area contributed by atoms with Gasteiger partial charge in [0.2, 0.25) is 0 Å². The van der Waals surface area contributed by atoms with Gasteiger partial charge < -0.3 is 0 Å². The molecule has 0 aliphatic heterocycles. The summed E-state index contributed by atoms with van der Waals surface area (Å²) in [6.07, 6.45) is 0. The van der Waals surface area contributed by atoms with E-state index in [1.807, 2.05) is 0 Å². The molecule has 0 radical (unpaired) electrons. The molecule has 0 aromatic carbocycles. The molecule has 2 N–H and O–H groups in total. The summed E-state index contributed by atoms with van der Waals surface area (Å²) in [5, 5.41) is 0. The van der Waals surface area contributed by atoms with Crippen LogP contribution in [0.3, 0.4) is 0 Å². The van der Waals surface area contributed by atoms with Gasteiger partial charge in [-0.1, -0.05) is 0 Å². The van der Waals surface area contributed by atoms with Crippen molar-refractivity contribution in [2.45, 2.75) is 0 Å². The van der Waals surface area contributed by atoms with E-state index in [2.05, 4.69) is 0 Å². The fraction of sp³-hybridized carbons (Fsp3) is 0. The van der Waals surface area contributed by atoms with Crippen molar-refractivity contribution in [1.29, 1.82) is 0 Å². The van der Waals surface area contributed by atoms with Crippen molar-refractivity contribution in [3.8, 4) is 0 Å². The Balaban J connectivity index is 4.42. The van der Waals surface area contributed by atoms with Gasteiger partial charge in [-0.25, -0.2) is 0 Å². The molecule has 0 saturated carbocycles. The molecule has 0 spiro atoms. The van der Waals surface area contributed by atoms with Crippen molar-refractivity contribution in [2.75, 3.05) is 0 Å². The Morgan fingerprint density at radius 3 is 1.43 bits per heavy atom. The van der Waals surface area contributed by atoms with E-state index in [0.717, 1.165) is 0 Å². The van der Waals surface area contributed by atoms with E-state index in [4.69, 9.17) is 9.79 Å². The van der Waals surface area contributed by atoms with Crippen molar-refractivity contribution in [2.24, 2.45) is 0 Å². The molecular formula is H2O5PTi. The molecule has 7 heavy (non-hydrogen) atoms. The molecule has 5 nitrogen and oxygen atoms in total. The predicted octanol–water partition coefficient (Wildman–Crippen LogP) is -0.612. The van der Waals surface area contributed by atoms with E-state index in [9.17, 15) is 11.2 Å². The van der Waals surface area contributed by atoms with Crippen LogP contribution in [0.15, 0.2) is 0 Å². The van der Waals surface area contributed by atoms with Gasteiger partial charge >= 0.3 is 43.9 Å². The summed E-state index contributed by atoms with van der Waals surface area (Å²) in [7, 11) is 0. The van der Waals surface area contributed by atoms with Crippen LogP contribution >= 0.6 is 5.59 Å². The fourth-order valence-corrected chi connectivity index (χ4v) is 0. The first kappa shape index (κ1) is 7.46. The predicted molar refractivity (Wildman–Crippen MR) is 13.4 cm³/mol. The summed E-state index contributed by atoms with van der Waals surface area (Å²) in [5.74, 6) is 0. The zero-order chi connectivity index (χ0) is 6.08. The molecule has 0 aromatic heterocycles. The van der Waals surface area contributed by atoms with Gasteiger partial charge in [-0.3, -0.25) is 0 Å². The average Bonchev–Trinajstić information content (AvgIpc) is 1.31. The van der Waals surface area contributed by atoms with E-state index in [-0.39, 0.29) is 0 Å².